The summed E-state index contributed by atoms with van der Waals surface area (Å²) in [5, 5.41) is 4.04. The highest BCUT2D eigenvalue weighted by atomic mass is 32.1. The van der Waals surface area contributed by atoms with Crippen molar-refractivity contribution >= 4 is 40.5 Å². The quantitative estimate of drug-likeness (QED) is 0.380. The highest BCUT2D eigenvalue weighted by Crippen LogP contribution is 2.52. The van der Waals surface area contributed by atoms with Crippen molar-refractivity contribution in [2.24, 2.45) is 11.8 Å². The van der Waals surface area contributed by atoms with Crippen LogP contribution in [-0.4, -0.2) is 65.8 Å². The van der Waals surface area contributed by atoms with Gasteiger partial charge in [0.15, 0.2) is 5.11 Å². The Balaban J connectivity index is 1.13. The van der Waals surface area contributed by atoms with E-state index in [1.54, 1.807) is 0 Å². The lowest BCUT2D eigenvalue weighted by Crippen LogP contribution is -2.58. The second kappa shape index (κ2) is 8.96. The molecule has 0 saturated carbocycles. The second-order valence-electron chi connectivity index (χ2n) is 10.7. The van der Waals surface area contributed by atoms with E-state index in [4.69, 9.17) is 17.0 Å². The van der Waals surface area contributed by atoms with Crippen LogP contribution >= 0.6 is 12.2 Å². The van der Waals surface area contributed by atoms with Gasteiger partial charge in [-0.05, 0) is 62.8 Å². The first kappa shape index (κ1) is 24.1. The smallest absolute Gasteiger partial charge is 0.241 e. The fourth-order valence-electron chi connectivity index (χ4n) is 6.31. The molecule has 2 aromatic rings. The van der Waals surface area contributed by atoms with E-state index >= 15 is 0 Å². The standard InChI is InChI=1S/C29H32N4O3S/c1-18-7-9-21(10-8-18)33-26(34)24-23-11-12-29(36-23,25(24)27(33)35)17-30-28(37)31-13-14-32(20(3)16-31)22-6-4-5-19(2)15-22/h4-12,15,20,23-25H,13-14,16-17H2,1-3H3,(H,30,37)/t20-,23+,24+,25+,29-/m0/s1. The topological polar surface area (TPSA) is 65.1 Å². The first-order valence-corrected chi connectivity index (χ1v) is 13.4. The van der Waals surface area contributed by atoms with Crippen molar-refractivity contribution in [2.75, 3.05) is 36.0 Å². The van der Waals surface area contributed by atoms with Crippen LogP contribution in [0.15, 0.2) is 60.7 Å². The predicted octanol–water partition coefficient (Wildman–Crippen LogP) is 3.20. The number of carbonyl (C=O) groups is 2. The van der Waals surface area contributed by atoms with Crippen LogP contribution in [0.3, 0.4) is 0 Å². The van der Waals surface area contributed by atoms with Crippen molar-refractivity contribution in [3.05, 3.63) is 71.8 Å². The third-order valence-corrected chi connectivity index (χ3v) is 8.61. The fraction of sp³-hybridized carbons (Fsp3) is 0.414. The molecule has 37 heavy (non-hydrogen) atoms. The van der Waals surface area contributed by atoms with Gasteiger partial charge in [0.1, 0.15) is 5.60 Å². The summed E-state index contributed by atoms with van der Waals surface area (Å²) in [7, 11) is 0. The first-order valence-electron chi connectivity index (χ1n) is 13.0. The molecule has 2 bridgehead atoms. The van der Waals surface area contributed by atoms with E-state index < -0.39 is 17.4 Å². The number of ether oxygens (including phenoxy) is 1. The van der Waals surface area contributed by atoms with Gasteiger partial charge in [0.25, 0.3) is 0 Å². The third-order valence-electron chi connectivity index (χ3n) is 8.21. The summed E-state index contributed by atoms with van der Waals surface area (Å²) in [4.78, 5) is 32.9. The van der Waals surface area contributed by atoms with E-state index in [9.17, 15) is 9.59 Å². The minimum Gasteiger partial charge on any atom is -0.365 e. The van der Waals surface area contributed by atoms with Crippen molar-refractivity contribution < 1.29 is 14.3 Å². The molecule has 2 aromatic carbocycles. The van der Waals surface area contributed by atoms with Crippen molar-refractivity contribution in [1.29, 1.82) is 0 Å². The molecule has 0 unspecified atom stereocenters. The van der Waals surface area contributed by atoms with Crippen molar-refractivity contribution in [3.63, 3.8) is 0 Å². The highest BCUT2D eigenvalue weighted by Gasteiger charge is 2.67. The van der Waals surface area contributed by atoms with Gasteiger partial charge in [-0.15, -0.1) is 0 Å². The summed E-state index contributed by atoms with van der Waals surface area (Å²) in [6.45, 7) is 9.15. The molecule has 4 heterocycles. The lowest BCUT2D eigenvalue weighted by Gasteiger charge is -2.42. The number of fused-ring (bicyclic) bond motifs is 5. The van der Waals surface area contributed by atoms with Crippen LogP contribution in [-0.2, 0) is 14.3 Å². The summed E-state index contributed by atoms with van der Waals surface area (Å²) in [5.41, 5.74) is 3.31. The minimum atomic E-state index is -0.874. The summed E-state index contributed by atoms with van der Waals surface area (Å²) >= 11 is 5.79. The SMILES string of the molecule is Cc1ccc(N2C(=O)[C@@H]3[C@H]4C=C[C@@](CNC(=S)N5CCN(c6cccc(C)c6)[C@@H](C)C5)(O4)[C@H]3C2=O)cc1. The second-order valence-corrected chi connectivity index (χ2v) is 11.1. The van der Waals surface area contributed by atoms with Crippen molar-refractivity contribution in [3.8, 4) is 0 Å². The van der Waals surface area contributed by atoms with Crippen molar-refractivity contribution in [2.45, 2.75) is 38.5 Å². The average Bonchev–Trinajstić information content (AvgIpc) is 3.53. The van der Waals surface area contributed by atoms with Crippen LogP contribution in [0.1, 0.15) is 18.1 Å². The number of thiocarbonyl (C=S) groups is 1. The number of anilines is 2. The van der Waals surface area contributed by atoms with Gasteiger partial charge in [-0.25, -0.2) is 4.90 Å². The molecule has 3 fully saturated rings. The molecule has 3 saturated heterocycles. The Morgan fingerprint density at radius 3 is 2.57 bits per heavy atom. The van der Waals surface area contributed by atoms with Gasteiger partial charge in [-0.2, -0.15) is 0 Å². The number of piperazine rings is 1. The first-order chi connectivity index (χ1) is 17.8. The molecule has 6 rings (SSSR count). The molecule has 7 nitrogen and oxygen atoms in total. The van der Waals surface area contributed by atoms with Crippen LogP contribution in [0, 0.1) is 25.7 Å². The van der Waals surface area contributed by atoms with Crippen LogP contribution in [0.25, 0.3) is 0 Å². The van der Waals surface area contributed by atoms with E-state index in [2.05, 4.69) is 53.2 Å². The number of imide groups is 1. The van der Waals surface area contributed by atoms with E-state index in [-0.39, 0.29) is 17.9 Å². The summed E-state index contributed by atoms with van der Waals surface area (Å²) < 4.78 is 6.29. The van der Waals surface area contributed by atoms with Gasteiger partial charge in [0, 0.05) is 31.4 Å². The maximum Gasteiger partial charge on any atom is 0.241 e. The molecule has 5 atom stereocenters. The number of hydrogen-bond acceptors (Lipinski definition) is 5. The zero-order valence-corrected chi connectivity index (χ0v) is 22.2. The Kier molecular flexibility index (Phi) is 5.84. The van der Waals surface area contributed by atoms with Gasteiger partial charge in [-0.3, -0.25) is 9.59 Å². The molecule has 192 valence electrons. The van der Waals surface area contributed by atoms with Gasteiger partial charge in [0.05, 0.1) is 30.2 Å². The maximum atomic E-state index is 13.6. The van der Waals surface area contributed by atoms with Crippen molar-refractivity contribution in [1.82, 2.24) is 10.2 Å². The largest absolute Gasteiger partial charge is 0.365 e. The minimum absolute atomic E-state index is 0.182. The Labute approximate surface area is 223 Å². The van der Waals surface area contributed by atoms with Crippen LogP contribution in [0.4, 0.5) is 11.4 Å². The summed E-state index contributed by atoms with van der Waals surface area (Å²) in [5.74, 6) is -1.42. The fourth-order valence-corrected chi connectivity index (χ4v) is 6.55. The summed E-state index contributed by atoms with van der Waals surface area (Å²) in [6.07, 6.45) is 3.50. The Bertz CT molecular complexity index is 1290. The van der Waals surface area contributed by atoms with Gasteiger partial charge in [0.2, 0.25) is 11.8 Å². The van der Waals surface area contributed by atoms with E-state index in [0.29, 0.717) is 23.4 Å². The Morgan fingerprint density at radius 1 is 1.05 bits per heavy atom. The van der Waals surface area contributed by atoms with Gasteiger partial charge >= 0.3 is 0 Å². The molecular weight excluding hydrogens is 484 g/mol. The maximum absolute atomic E-state index is 13.6. The molecule has 4 aliphatic rings. The van der Waals surface area contributed by atoms with Crippen LogP contribution in [0.2, 0.25) is 0 Å². The monoisotopic (exact) mass is 516 g/mol. The van der Waals surface area contributed by atoms with E-state index in [0.717, 1.165) is 25.2 Å². The Morgan fingerprint density at radius 2 is 1.84 bits per heavy atom. The number of carbonyl (C=O) groups excluding carboxylic acids is 2. The number of aryl methyl sites for hydroxylation is 2. The number of hydrogen-bond donors (Lipinski definition) is 1. The third kappa shape index (κ3) is 3.94. The Hall–Kier alpha value is -3.23. The van der Waals surface area contributed by atoms with Crippen LogP contribution in [0.5, 0.6) is 0 Å². The molecule has 2 amide bonds. The number of benzene rings is 2. The molecule has 0 aliphatic carbocycles. The predicted molar refractivity (Wildman–Crippen MR) is 148 cm³/mol. The molecule has 1 N–H and O–H groups in total. The lowest BCUT2D eigenvalue weighted by molar-refractivity contribution is -0.126. The van der Waals surface area contributed by atoms with Crippen LogP contribution < -0.4 is 15.1 Å². The van der Waals surface area contributed by atoms with E-state index in [1.807, 2.05) is 43.3 Å². The number of nitrogens with one attached hydrogen (secondary N) is 1. The molecule has 0 aromatic heterocycles. The number of nitrogens with zero attached hydrogens (tertiary/aromatic N) is 3. The molecular formula is C29H32N4O3S. The normalized spacial score (nSPS) is 30.3. The molecule has 8 heteroatoms. The van der Waals surface area contributed by atoms with Gasteiger partial charge in [-0.1, -0.05) is 42.0 Å². The zero-order valence-electron chi connectivity index (χ0n) is 21.4. The molecule has 0 radical (unpaired) electrons. The average molecular weight is 517 g/mol. The lowest BCUT2D eigenvalue weighted by atomic mass is 9.77. The highest BCUT2D eigenvalue weighted by molar-refractivity contribution is 7.80. The number of amides is 2. The van der Waals surface area contributed by atoms with Gasteiger partial charge < -0.3 is 19.9 Å². The van der Waals surface area contributed by atoms with E-state index in [1.165, 1.54) is 16.2 Å². The molecule has 0 spiro atoms. The summed E-state index contributed by atoms with van der Waals surface area (Å²) in [6, 6.07) is 16.4. The number of rotatable bonds is 4. The molecule has 4 aliphatic heterocycles. The zero-order chi connectivity index (χ0) is 25.9.